The number of hydrogen-bond acceptors (Lipinski definition) is 6. The lowest BCUT2D eigenvalue weighted by atomic mass is 10.1. The molecule has 0 amide bonds. The second-order valence-corrected chi connectivity index (χ2v) is 8.94. The van der Waals surface area contributed by atoms with Gasteiger partial charge in [0.15, 0.2) is 21.6 Å². The molecule has 9 nitrogen and oxygen atoms in total. The van der Waals surface area contributed by atoms with Crippen LogP contribution in [0.2, 0.25) is 0 Å². The lowest BCUT2D eigenvalue weighted by Gasteiger charge is -2.25. The zero-order chi connectivity index (χ0) is 20.7. The van der Waals surface area contributed by atoms with Crippen LogP contribution in [0.25, 0.3) is 0 Å². The van der Waals surface area contributed by atoms with Gasteiger partial charge in [-0.15, -0.1) is 24.0 Å². The molecule has 2 N–H and O–H groups in total. The number of benzene rings is 1. The lowest BCUT2D eigenvalue weighted by molar-refractivity contribution is 0.177. The van der Waals surface area contributed by atoms with Crippen molar-refractivity contribution in [1.29, 1.82) is 0 Å². The van der Waals surface area contributed by atoms with E-state index in [1.165, 1.54) is 0 Å². The first-order valence-electron chi connectivity index (χ1n) is 9.76. The fourth-order valence-corrected chi connectivity index (χ4v) is 4.34. The third-order valence-electron chi connectivity index (χ3n) is 4.59. The van der Waals surface area contributed by atoms with Gasteiger partial charge in [-0.2, -0.15) is 5.10 Å². The van der Waals surface area contributed by atoms with Crippen molar-refractivity contribution in [2.75, 3.05) is 26.0 Å². The number of halogens is 1. The van der Waals surface area contributed by atoms with E-state index in [2.05, 4.69) is 25.7 Å². The van der Waals surface area contributed by atoms with E-state index in [0.29, 0.717) is 36.4 Å². The third-order valence-corrected chi connectivity index (χ3v) is 6.30. The van der Waals surface area contributed by atoms with Crippen molar-refractivity contribution < 1.29 is 13.2 Å². The van der Waals surface area contributed by atoms with Gasteiger partial charge in [0.25, 0.3) is 0 Å². The van der Waals surface area contributed by atoms with E-state index in [-0.39, 0.29) is 42.3 Å². The minimum atomic E-state index is -3.34. The molecule has 0 aliphatic carbocycles. The van der Waals surface area contributed by atoms with E-state index in [4.69, 9.17) is 4.74 Å². The quantitative estimate of drug-likeness (QED) is 0.292. The average molecular weight is 548 g/mol. The summed E-state index contributed by atoms with van der Waals surface area (Å²) in [6.45, 7) is 3.94. The first kappa shape index (κ1) is 24.5. The summed E-state index contributed by atoms with van der Waals surface area (Å²) in [5.41, 5.74) is 0. The molecular weight excluding hydrogens is 519 g/mol. The van der Waals surface area contributed by atoms with Crippen molar-refractivity contribution >= 4 is 39.8 Å². The van der Waals surface area contributed by atoms with Crippen LogP contribution in [-0.2, 0) is 34.1 Å². The predicted octanol–water partition coefficient (Wildman–Crippen LogP) is 1.39. The smallest absolute Gasteiger partial charge is 0.191 e. The van der Waals surface area contributed by atoms with Crippen molar-refractivity contribution in [3.8, 4) is 0 Å². The zero-order valence-corrected chi connectivity index (χ0v) is 20.4. The molecule has 11 heteroatoms. The Morgan fingerprint density at radius 2 is 2.10 bits per heavy atom. The van der Waals surface area contributed by atoms with Crippen molar-refractivity contribution in [1.82, 2.24) is 25.4 Å². The largest absolute Gasteiger partial charge is 0.377 e. The molecule has 0 fully saturated rings. The van der Waals surface area contributed by atoms with E-state index in [0.717, 1.165) is 18.7 Å². The molecular formula is C19H29IN6O3S. The number of aryl methyl sites for hydroxylation is 1. The summed E-state index contributed by atoms with van der Waals surface area (Å²) < 4.78 is 31.8. The molecule has 2 aromatic rings. The number of aromatic nitrogens is 3. The maximum Gasteiger partial charge on any atom is 0.191 e. The van der Waals surface area contributed by atoms with Crippen LogP contribution in [0, 0.1) is 0 Å². The van der Waals surface area contributed by atoms with E-state index in [9.17, 15) is 8.42 Å². The van der Waals surface area contributed by atoms with Gasteiger partial charge in [0.1, 0.15) is 12.4 Å². The Hall–Kier alpha value is -1.73. The maximum absolute atomic E-state index is 12.4. The highest BCUT2D eigenvalue weighted by Crippen LogP contribution is 2.14. The molecule has 30 heavy (non-hydrogen) atoms. The summed E-state index contributed by atoms with van der Waals surface area (Å²) in [7, 11) is -1.72. The SMILES string of the molecule is CCNC(=NCCS(=O)(=O)c1ccccc1)NC1CCc2nc(COC)nn2C1.I. The Labute approximate surface area is 194 Å². The van der Waals surface area contributed by atoms with Crippen molar-refractivity contribution in [3.63, 3.8) is 0 Å². The average Bonchev–Trinajstić information content (AvgIpc) is 3.10. The molecule has 0 spiro atoms. The van der Waals surface area contributed by atoms with Gasteiger partial charge in [0, 0.05) is 26.1 Å². The summed E-state index contributed by atoms with van der Waals surface area (Å²) in [4.78, 5) is 9.27. The van der Waals surface area contributed by atoms with Crippen molar-refractivity contribution in [2.24, 2.45) is 4.99 Å². The first-order chi connectivity index (χ1) is 14.0. The Kier molecular flexibility index (Phi) is 9.49. The number of fused-ring (bicyclic) bond motifs is 1. The topological polar surface area (TPSA) is 110 Å². The molecule has 0 saturated carbocycles. The van der Waals surface area contributed by atoms with Crippen molar-refractivity contribution in [3.05, 3.63) is 42.0 Å². The summed E-state index contributed by atoms with van der Waals surface area (Å²) in [6, 6.07) is 8.61. The van der Waals surface area contributed by atoms with Crippen LogP contribution in [0.5, 0.6) is 0 Å². The normalized spacial score (nSPS) is 16.5. The van der Waals surface area contributed by atoms with E-state index in [1.54, 1.807) is 37.4 Å². The van der Waals surface area contributed by atoms with Crippen LogP contribution in [0.4, 0.5) is 0 Å². The van der Waals surface area contributed by atoms with Gasteiger partial charge < -0.3 is 15.4 Å². The highest BCUT2D eigenvalue weighted by molar-refractivity contribution is 14.0. The van der Waals surface area contributed by atoms with Crippen LogP contribution in [0.1, 0.15) is 25.0 Å². The number of guanidine groups is 1. The molecule has 1 unspecified atom stereocenters. The third kappa shape index (κ3) is 6.64. The Morgan fingerprint density at radius 3 is 2.80 bits per heavy atom. The monoisotopic (exact) mass is 548 g/mol. The lowest BCUT2D eigenvalue weighted by Crippen LogP contribution is -2.47. The summed E-state index contributed by atoms with van der Waals surface area (Å²) >= 11 is 0. The number of nitrogens with zero attached hydrogens (tertiary/aromatic N) is 4. The van der Waals surface area contributed by atoms with Crippen LogP contribution in [-0.4, -0.2) is 61.1 Å². The molecule has 0 radical (unpaired) electrons. The molecule has 1 aromatic heterocycles. The van der Waals surface area contributed by atoms with Crippen LogP contribution in [0.15, 0.2) is 40.2 Å². The molecule has 0 saturated heterocycles. The second-order valence-electron chi connectivity index (χ2n) is 6.83. The fourth-order valence-electron chi connectivity index (χ4n) is 3.21. The van der Waals surface area contributed by atoms with Gasteiger partial charge in [-0.1, -0.05) is 18.2 Å². The molecule has 0 bridgehead atoms. The van der Waals surface area contributed by atoms with Gasteiger partial charge >= 0.3 is 0 Å². The van der Waals surface area contributed by atoms with Gasteiger partial charge in [-0.05, 0) is 25.5 Å². The van der Waals surface area contributed by atoms with Crippen LogP contribution >= 0.6 is 24.0 Å². The number of ether oxygens (including phenoxy) is 1. The van der Waals surface area contributed by atoms with Gasteiger partial charge in [-0.3, -0.25) is 4.99 Å². The number of hydrogen-bond donors (Lipinski definition) is 2. The fraction of sp³-hybridized carbons (Fsp3) is 0.526. The summed E-state index contributed by atoms with van der Waals surface area (Å²) in [6.07, 6.45) is 1.72. The number of sulfone groups is 1. The number of rotatable bonds is 8. The van der Waals surface area contributed by atoms with E-state index in [1.807, 2.05) is 11.6 Å². The summed E-state index contributed by atoms with van der Waals surface area (Å²) in [5.74, 6) is 2.23. The molecule has 166 valence electrons. The number of aliphatic imine (C=N–C) groups is 1. The molecule has 3 rings (SSSR count). The maximum atomic E-state index is 12.4. The Morgan fingerprint density at radius 1 is 1.33 bits per heavy atom. The Balaban J connectivity index is 0.00000320. The number of nitrogens with one attached hydrogen (secondary N) is 2. The summed E-state index contributed by atoms with van der Waals surface area (Å²) in [5, 5.41) is 11.0. The second kappa shape index (κ2) is 11.6. The zero-order valence-electron chi connectivity index (χ0n) is 17.2. The Bertz CT molecular complexity index is 933. The highest BCUT2D eigenvalue weighted by atomic mass is 127. The molecule has 1 aromatic carbocycles. The van der Waals surface area contributed by atoms with Gasteiger partial charge in [0.05, 0.1) is 23.7 Å². The molecule has 1 aliphatic rings. The van der Waals surface area contributed by atoms with Gasteiger partial charge in [-0.25, -0.2) is 18.1 Å². The predicted molar refractivity (Wildman–Crippen MR) is 126 cm³/mol. The minimum Gasteiger partial charge on any atom is -0.377 e. The molecule has 2 heterocycles. The van der Waals surface area contributed by atoms with Gasteiger partial charge in [0.2, 0.25) is 0 Å². The molecule has 1 atom stereocenters. The standard InChI is InChI=1S/C19H28N6O3S.HI/c1-3-20-19(21-11-12-29(26,27)16-7-5-4-6-8-16)22-15-9-10-18-23-17(14-28-2)24-25(18)13-15;/h4-8,15H,3,9-14H2,1-2H3,(H2,20,21,22);1H. The van der Waals surface area contributed by atoms with E-state index < -0.39 is 9.84 Å². The van der Waals surface area contributed by atoms with E-state index >= 15 is 0 Å². The highest BCUT2D eigenvalue weighted by Gasteiger charge is 2.22. The van der Waals surface area contributed by atoms with Crippen LogP contribution < -0.4 is 10.6 Å². The minimum absolute atomic E-state index is 0. The number of methoxy groups -OCH3 is 1. The van der Waals surface area contributed by atoms with Crippen molar-refractivity contribution in [2.45, 2.75) is 43.9 Å². The van der Waals surface area contributed by atoms with Crippen LogP contribution in [0.3, 0.4) is 0 Å². The first-order valence-corrected chi connectivity index (χ1v) is 11.4. The molecule has 1 aliphatic heterocycles.